The number of piperidine rings is 1. The van der Waals surface area contributed by atoms with Crippen molar-refractivity contribution in [3.8, 4) is 0 Å². The Kier molecular flexibility index (Phi) is 5.33. The van der Waals surface area contributed by atoms with Crippen LogP contribution in [0.25, 0.3) is 5.65 Å². The molecule has 0 radical (unpaired) electrons. The molecule has 0 bridgehead atoms. The van der Waals surface area contributed by atoms with Crippen molar-refractivity contribution >= 4 is 23.2 Å². The van der Waals surface area contributed by atoms with Gasteiger partial charge in [-0.15, -0.1) is 5.10 Å². The van der Waals surface area contributed by atoms with Crippen LogP contribution in [0, 0.1) is 5.92 Å². The Morgan fingerprint density at radius 1 is 1.23 bits per heavy atom. The Labute approximate surface area is 172 Å². The zero-order valence-corrected chi connectivity index (χ0v) is 16.1. The molecule has 1 atom stereocenters. The average molecular weight is 420 g/mol. The van der Waals surface area contributed by atoms with Crippen LogP contribution < -0.4 is 11.1 Å². The van der Waals surface area contributed by atoms with Crippen molar-refractivity contribution in [3.63, 3.8) is 0 Å². The van der Waals surface area contributed by atoms with E-state index in [4.69, 9.17) is 5.73 Å². The summed E-state index contributed by atoms with van der Waals surface area (Å²) in [6.07, 6.45) is -2.67. The highest BCUT2D eigenvalue weighted by Crippen LogP contribution is 2.30. The summed E-state index contributed by atoms with van der Waals surface area (Å²) in [6.45, 7) is 2.06. The molecule has 1 fully saturated rings. The standard InChI is InChI=1S/C20H21F3N6O.H2/c21-20(22,23)14-6-8-15(9-7-14)25-19-26-17-5-1-4-16(29(17)27-19)12-28-10-2-3-13(11-28)18(24)30;/h1,4-9,13H,2-3,10-12H2,(H2,24,30)(H,25,27);1H. The highest BCUT2D eigenvalue weighted by molar-refractivity contribution is 5.76. The van der Waals surface area contributed by atoms with E-state index in [0.29, 0.717) is 24.4 Å². The number of anilines is 2. The Balaban J connectivity index is 0.00000272. The van der Waals surface area contributed by atoms with Gasteiger partial charge in [-0.2, -0.15) is 18.2 Å². The predicted octanol–water partition coefficient (Wildman–Crippen LogP) is 3.44. The Bertz CT molecular complexity index is 1050. The van der Waals surface area contributed by atoms with Crippen molar-refractivity contribution in [2.45, 2.75) is 25.6 Å². The second-order valence-corrected chi connectivity index (χ2v) is 7.40. The van der Waals surface area contributed by atoms with E-state index < -0.39 is 11.7 Å². The van der Waals surface area contributed by atoms with E-state index in [1.807, 2.05) is 12.1 Å². The summed E-state index contributed by atoms with van der Waals surface area (Å²) in [5.41, 5.74) is 6.71. The molecule has 1 aliphatic heterocycles. The van der Waals surface area contributed by atoms with Crippen LogP contribution >= 0.6 is 0 Å². The van der Waals surface area contributed by atoms with Crippen LogP contribution in [0.3, 0.4) is 0 Å². The highest BCUT2D eigenvalue weighted by atomic mass is 19.4. The summed E-state index contributed by atoms with van der Waals surface area (Å²) in [6, 6.07) is 10.3. The average Bonchev–Trinajstić information content (AvgIpc) is 3.11. The topological polar surface area (TPSA) is 88.5 Å². The number of likely N-dealkylation sites (tertiary alicyclic amines) is 1. The van der Waals surface area contributed by atoms with E-state index in [2.05, 4.69) is 20.3 Å². The number of carbonyl (C=O) groups excluding carboxylic acids is 1. The lowest BCUT2D eigenvalue weighted by atomic mass is 9.97. The number of amides is 1. The molecule has 0 saturated carbocycles. The summed E-state index contributed by atoms with van der Waals surface area (Å²) in [5, 5.41) is 7.39. The van der Waals surface area contributed by atoms with Crippen molar-refractivity contribution in [1.82, 2.24) is 19.5 Å². The molecule has 3 heterocycles. The van der Waals surface area contributed by atoms with Gasteiger partial charge in [-0.3, -0.25) is 9.69 Å². The fourth-order valence-electron chi connectivity index (χ4n) is 3.66. The molecule has 1 amide bonds. The van der Waals surface area contributed by atoms with E-state index in [-0.39, 0.29) is 19.2 Å². The molecule has 7 nitrogen and oxygen atoms in total. The number of hydrogen-bond acceptors (Lipinski definition) is 5. The summed E-state index contributed by atoms with van der Waals surface area (Å²) in [4.78, 5) is 18.1. The van der Waals surface area contributed by atoms with E-state index in [9.17, 15) is 18.0 Å². The van der Waals surface area contributed by atoms with Gasteiger partial charge in [0.15, 0.2) is 5.65 Å². The number of halogens is 3. The number of hydrogen-bond donors (Lipinski definition) is 2. The fraction of sp³-hybridized carbons (Fsp3) is 0.350. The first-order valence-corrected chi connectivity index (χ1v) is 9.60. The van der Waals surface area contributed by atoms with Crippen molar-refractivity contribution in [3.05, 3.63) is 53.7 Å². The SMILES string of the molecule is NC(=O)C1CCCN(Cc2cccc3nc(Nc4ccc(C(F)(F)F)cc4)nn23)C1.[HH]. The van der Waals surface area contributed by atoms with Gasteiger partial charge in [-0.25, -0.2) is 4.52 Å². The van der Waals surface area contributed by atoms with Crippen LogP contribution in [-0.4, -0.2) is 38.5 Å². The first-order chi connectivity index (χ1) is 14.3. The number of fused-ring (bicyclic) bond motifs is 1. The molecule has 1 aromatic carbocycles. The maximum absolute atomic E-state index is 12.7. The first-order valence-electron chi connectivity index (χ1n) is 9.60. The Hall–Kier alpha value is -3.14. The molecule has 160 valence electrons. The molecular weight excluding hydrogens is 397 g/mol. The molecule has 0 spiro atoms. The molecule has 0 aliphatic carbocycles. The minimum atomic E-state index is -4.38. The lowest BCUT2D eigenvalue weighted by Gasteiger charge is -2.31. The van der Waals surface area contributed by atoms with Gasteiger partial charge in [0, 0.05) is 20.2 Å². The van der Waals surface area contributed by atoms with E-state index >= 15 is 0 Å². The quantitative estimate of drug-likeness (QED) is 0.660. The third-order valence-corrected chi connectivity index (χ3v) is 5.20. The van der Waals surface area contributed by atoms with Gasteiger partial charge in [0.05, 0.1) is 17.2 Å². The van der Waals surface area contributed by atoms with Crippen LogP contribution in [0.4, 0.5) is 24.8 Å². The number of primary amides is 1. The maximum atomic E-state index is 12.7. The number of carbonyl (C=O) groups is 1. The molecular formula is C20H23F3N6O. The molecule has 3 N–H and O–H groups in total. The summed E-state index contributed by atoms with van der Waals surface area (Å²) in [5.74, 6) is -0.136. The number of nitrogens with one attached hydrogen (secondary N) is 1. The zero-order valence-electron chi connectivity index (χ0n) is 16.1. The monoisotopic (exact) mass is 420 g/mol. The number of aromatic nitrogens is 3. The van der Waals surface area contributed by atoms with Gasteiger partial charge in [-0.05, 0) is 55.8 Å². The van der Waals surface area contributed by atoms with Crippen LogP contribution in [0.5, 0.6) is 0 Å². The van der Waals surface area contributed by atoms with E-state index in [1.165, 1.54) is 12.1 Å². The number of nitrogens with zero attached hydrogens (tertiary/aromatic N) is 4. The van der Waals surface area contributed by atoms with Crippen LogP contribution in [0.15, 0.2) is 42.5 Å². The molecule has 1 aliphatic rings. The normalized spacial score (nSPS) is 17.9. The Morgan fingerprint density at radius 2 is 2.00 bits per heavy atom. The second kappa shape index (κ2) is 7.94. The molecule has 3 aromatic rings. The Morgan fingerprint density at radius 3 is 2.70 bits per heavy atom. The first kappa shape index (κ1) is 20.1. The second-order valence-electron chi connectivity index (χ2n) is 7.40. The molecule has 30 heavy (non-hydrogen) atoms. The summed E-state index contributed by atoms with van der Waals surface area (Å²) in [7, 11) is 0. The van der Waals surface area contributed by atoms with Gasteiger partial charge in [0.25, 0.3) is 0 Å². The third-order valence-electron chi connectivity index (χ3n) is 5.20. The fourth-order valence-corrected chi connectivity index (χ4v) is 3.66. The molecule has 1 unspecified atom stereocenters. The predicted molar refractivity (Wildman–Crippen MR) is 107 cm³/mol. The van der Waals surface area contributed by atoms with E-state index in [0.717, 1.165) is 37.2 Å². The van der Waals surface area contributed by atoms with E-state index in [1.54, 1.807) is 10.6 Å². The molecule has 10 heteroatoms. The van der Waals surface area contributed by atoms with Gasteiger partial charge in [0.1, 0.15) is 0 Å². The zero-order chi connectivity index (χ0) is 21.3. The molecule has 1 saturated heterocycles. The number of nitrogens with two attached hydrogens (primary N) is 1. The van der Waals surface area contributed by atoms with Gasteiger partial charge < -0.3 is 11.1 Å². The number of alkyl halides is 3. The minimum Gasteiger partial charge on any atom is -0.369 e. The van der Waals surface area contributed by atoms with Crippen molar-refractivity contribution in [2.24, 2.45) is 11.7 Å². The lowest BCUT2D eigenvalue weighted by molar-refractivity contribution is -0.137. The van der Waals surface area contributed by atoms with Crippen LogP contribution in [0.2, 0.25) is 0 Å². The van der Waals surface area contributed by atoms with Crippen LogP contribution in [-0.2, 0) is 17.5 Å². The number of pyridine rings is 1. The van der Waals surface area contributed by atoms with Crippen molar-refractivity contribution in [1.29, 1.82) is 0 Å². The number of rotatable bonds is 5. The van der Waals surface area contributed by atoms with Crippen molar-refractivity contribution in [2.75, 3.05) is 18.4 Å². The lowest BCUT2D eigenvalue weighted by Crippen LogP contribution is -2.40. The van der Waals surface area contributed by atoms with Crippen molar-refractivity contribution < 1.29 is 19.4 Å². The minimum absolute atomic E-state index is 0. The molecule has 4 rings (SSSR count). The largest absolute Gasteiger partial charge is 0.416 e. The van der Waals surface area contributed by atoms with Gasteiger partial charge >= 0.3 is 6.18 Å². The summed E-state index contributed by atoms with van der Waals surface area (Å²) < 4.78 is 39.8. The van der Waals surface area contributed by atoms with Crippen LogP contribution in [0.1, 0.15) is 25.5 Å². The highest BCUT2D eigenvalue weighted by Gasteiger charge is 2.30. The smallest absolute Gasteiger partial charge is 0.369 e. The van der Waals surface area contributed by atoms with Gasteiger partial charge in [-0.1, -0.05) is 6.07 Å². The number of benzene rings is 1. The van der Waals surface area contributed by atoms with Gasteiger partial charge in [0.2, 0.25) is 11.9 Å². The third kappa shape index (κ3) is 4.38. The summed E-state index contributed by atoms with van der Waals surface area (Å²) >= 11 is 0. The molecule has 2 aromatic heterocycles. The maximum Gasteiger partial charge on any atom is 0.416 e.